The van der Waals surface area contributed by atoms with Crippen molar-refractivity contribution in [3.05, 3.63) is 60.4 Å². The number of benzene rings is 1. The highest BCUT2D eigenvalue weighted by Gasteiger charge is 2.24. The van der Waals surface area contributed by atoms with Crippen LogP contribution >= 0.6 is 0 Å². The summed E-state index contributed by atoms with van der Waals surface area (Å²) in [5.41, 5.74) is 3.69. The van der Waals surface area contributed by atoms with Crippen LogP contribution < -0.4 is 15.0 Å². The second kappa shape index (κ2) is 9.58. The van der Waals surface area contributed by atoms with Crippen LogP contribution in [0.15, 0.2) is 54.9 Å². The lowest BCUT2D eigenvalue weighted by Crippen LogP contribution is -2.44. The zero-order valence-corrected chi connectivity index (χ0v) is 19.1. The van der Waals surface area contributed by atoms with E-state index in [1.165, 1.54) is 0 Å². The summed E-state index contributed by atoms with van der Waals surface area (Å²) in [7, 11) is 1.59. The number of ether oxygens (including phenoxy) is 2. The first kappa shape index (κ1) is 22.0. The van der Waals surface area contributed by atoms with Crippen LogP contribution in [0, 0.1) is 0 Å². The summed E-state index contributed by atoms with van der Waals surface area (Å²) >= 11 is 0. The van der Waals surface area contributed by atoms with Gasteiger partial charge in [0.05, 0.1) is 55.9 Å². The molecule has 4 aromatic rings. The van der Waals surface area contributed by atoms with Crippen molar-refractivity contribution < 1.29 is 14.6 Å². The number of aliphatic hydroxyl groups is 1. The van der Waals surface area contributed by atoms with Crippen molar-refractivity contribution in [3.8, 4) is 17.0 Å². The van der Waals surface area contributed by atoms with Crippen LogP contribution in [0.3, 0.4) is 0 Å². The van der Waals surface area contributed by atoms with Gasteiger partial charge < -0.3 is 24.8 Å². The van der Waals surface area contributed by atoms with Gasteiger partial charge in [-0.2, -0.15) is 9.97 Å². The fourth-order valence-corrected chi connectivity index (χ4v) is 4.10. The lowest BCUT2D eigenvalue weighted by atomic mass is 10.1. The summed E-state index contributed by atoms with van der Waals surface area (Å²) in [5.74, 6) is 1.91. The molecule has 9 nitrogen and oxygen atoms in total. The van der Waals surface area contributed by atoms with Gasteiger partial charge >= 0.3 is 0 Å². The Bertz CT molecular complexity index is 1300. The molecule has 1 fully saturated rings. The van der Waals surface area contributed by atoms with Gasteiger partial charge in [-0.3, -0.25) is 4.98 Å². The van der Waals surface area contributed by atoms with Gasteiger partial charge in [0.2, 0.25) is 5.95 Å². The molecular weight excluding hydrogens is 432 g/mol. The van der Waals surface area contributed by atoms with E-state index in [1.54, 1.807) is 19.5 Å². The minimum atomic E-state index is -0.120. The predicted octanol–water partition coefficient (Wildman–Crippen LogP) is 3.56. The summed E-state index contributed by atoms with van der Waals surface area (Å²) in [4.78, 5) is 20.8. The molecule has 3 aromatic heterocycles. The van der Waals surface area contributed by atoms with Gasteiger partial charge in [0.15, 0.2) is 5.65 Å². The van der Waals surface area contributed by atoms with Gasteiger partial charge in [-0.05, 0) is 49.4 Å². The Kier molecular flexibility index (Phi) is 6.20. The molecule has 1 saturated heterocycles. The SMILES string of the molecule is COc1ccc(-c2ccc3c(N4CCOC[C@@H]4C)nc(Nc4cccnc4)nc3n2)cc1CO. The molecule has 1 atom stereocenters. The largest absolute Gasteiger partial charge is 0.496 e. The molecule has 174 valence electrons. The summed E-state index contributed by atoms with van der Waals surface area (Å²) < 4.78 is 11.0. The number of aromatic nitrogens is 4. The van der Waals surface area contributed by atoms with Crippen LogP contribution in [0.1, 0.15) is 12.5 Å². The maximum absolute atomic E-state index is 9.72. The van der Waals surface area contributed by atoms with E-state index in [2.05, 4.69) is 22.1 Å². The summed E-state index contributed by atoms with van der Waals surface area (Å²) in [5, 5.41) is 13.8. The molecular formula is C25H26N6O3. The van der Waals surface area contributed by atoms with E-state index in [0.29, 0.717) is 36.1 Å². The van der Waals surface area contributed by atoms with E-state index >= 15 is 0 Å². The molecule has 0 unspecified atom stereocenters. The third kappa shape index (κ3) is 4.35. The average Bonchev–Trinajstić information content (AvgIpc) is 2.88. The number of hydrogen-bond acceptors (Lipinski definition) is 9. The Morgan fingerprint density at radius 1 is 1.18 bits per heavy atom. The number of anilines is 3. The lowest BCUT2D eigenvalue weighted by molar-refractivity contribution is 0.0987. The van der Waals surface area contributed by atoms with E-state index < -0.39 is 0 Å². The zero-order chi connectivity index (χ0) is 23.5. The van der Waals surface area contributed by atoms with Crippen molar-refractivity contribution >= 4 is 28.5 Å². The van der Waals surface area contributed by atoms with E-state index in [1.807, 2.05) is 42.5 Å². The van der Waals surface area contributed by atoms with Crippen molar-refractivity contribution in [2.45, 2.75) is 19.6 Å². The van der Waals surface area contributed by atoms with Crippen LogP contribution in [0.25, 0.3) is 22.3 Å². The average molecular weight is 459 g/mol. The van der Waals surface area contributed by atoms with Crippen LogP contribution in [-0.4, -0.2) is 58.0 Å². The van der Waals surface area contributed by atoms with Gasteiger partial charge in [-0.1, -0.05) is 0 Å². The number of methoxy groups -OCH3 is 1. The molecule has 0 spiro atoms. The first-order valence-corrected chi connectivity index (χ1v) is 11.1. The van der Waals surface area contributed by atoms with Crippen LogP contribution in [0.2, 0.25) is 0 Å². The highest BCUT2D eigenvalue weighted by Crippen LogP contribution is 2.31. The fraction of sp³-hybridized carbons (Fsp3) is 0.280. The number of nitrogens with zero attached hydrogens (tertiary/aromatic N) is 5. The minimum absolute atomic E-state index is 0.120. The number of aliphatic hydroxyl groups excluding tert-OH is 1. The zero-order valence-electron chi connectivity index (χ0n) is 19.1. The molecule has 0 radical (unpaired) electrons. The van der Waals surface area contributed by atoms with Crippen molar-refractivity contribution in [1.29, 1.82) is 0 Å². The summed E-state index contributed by atoms with van der Waals surface area (Å²) in [6.45, 7) is 4.02. The minimum Gasteiger partial charge on any atom is -0.496 e. The van der Waals surface area contributed by atoms with Gasteiger partial charge in [0.1, 0.15) is 11.6 Å². The fourth-order valence-electron chi connectivity index (χ4n) is 4.10. The third-order valence-corrected chi connectivity index (χ3v) is 5.84. The van der Waals surface area contributed by atoms with Gasteiger partial charge in [-0.15, -0.1) is 0 Å². The number of fused-ring (bicyclic) bond motifs is 1. The van der Waals surface area contributed by atoms with Gasteiger partial charge in [0.25, 0.3) is 0 Å². The molecule has 0 saturated carbocycles. The Morgan fingerprint density at radius 3 is 2.85 bits per heavy atom. The molecule has 0 aliphatic carbocycles. The third-order valence-electron chi connectivity index (χ3n) is 5.84. The second-order valence-corrected chi connectivity index (χ2v) is 8.11. The highest BCUT2D eigenvalue weighted by atomic mass is 16.5. The van der Waals surface area contributed by atoms with Crippen molar-refractivity contribution in [3.63, 3.8) is 0 Å². The lowest BCUT2D eigenvalue weighted by Gasteiger charge is -2.34. The standard InChI is InChI=1S/C25H26N6O3/c1-16-15-34-11-10-31(16)24-20-6-7-21(17-5-8-22(33-2)18(12-17)14-32)28-23(20)29-25(30-24)27-19-4-3-9-26-13-19/h3-9,12-13,16,32H,10-11,14-15H2,1-2H3,(H,27,28,29,30)/t16-/m0/s1. The molecule has 1 aliphatic rings. The van der Waals surface area contributed by atoms with E-state index in [-0.39, 0.29) is 12.6 Å². The number of morpholine rings is 1. The van der Waals surface area contributed by atoms with E-state index in [0.717, 1.165) is 34.7 Å². The molecule has 4 heterocycles. The van der Waals surface area contributed by atoms with Crippen LogP contribution in [0.4, 0.5) is 17.5 Å². The predicted molar refractivity (Wildman–Crippen MR) is 130 cm³/mol. The maximum atomic E-state index is 9.72. The molecule has 2 N–H and O–H groups in total. The van der Waals surface area contributed by atoms with Gasteiger partial charge in [-0.25, -0.2) is 4.98 Å². The summed E-state index contributed by atoms with van der Waals surface area (Å²) in [6.07, 6.45) is 3.44. The molecule has 5 rings (SSSR count). The normalized spacial score (nSPS) is 16.0. The molecule has 1 aromatic carbocycles. The monoisotopic (exact) mass is 458 g/mol. The second-order valence-electron chi connectivity index (χ2n) is 8.11. The number of rotatable bonds is 6. The number of nitrogens with one attached hydrogen (secondary N) is 1. The smallest absolute Gasteiger partial charge is 0.231 e. The number of pyridine rings is 2. The highest BCUT2D eigenvalue weighted by molar-refractivity contribution is 5.90. The molecule has 0 amide bonds. The van der Waals surface area contributed by atoms with Crippen molar-refractivity contribution in [1.82, 2.24) is 19.9 Å². The van der Waals surface area contributed by atoms with E-state index in [9.17, 15) is 5.11 Å². The number of hydrogen-bond donors (Lipinski definition) is 2. The molecule has 1 aliphatic heterocycles. The van der Waals surface area contributed by atoms with Crippen molar-refractivity contribution in [2.24, 2.45) is 0 Å². The quantitative estimate of drug-likeness (QED) is 0.449. The first-order chi connectivity index (χ1) is 16.7. The van der Waals surface area contributed by atoms with Crippen molar-refractivity contribution in [2.75, 3.05) is 37.1 Å². The Hall–Kier alpha value is -3.82. The Labute approximate surface area is 197 Å². The Morgan fingerprint density at radius 2 is 2.09 bits per heavy atom. The Balaban J connectivity index is 1.62. The molecule has 34 heavy (non-hydrogen) atoms. The van der Waals surface area contributed by atoms with Crippen LogP contribution in [0.5, 0.6) is 5.75 Å². The van der Waals surface area contributed by atoms with Crippen LogP contribution in [-0.2, 0) is 11.3 Å². The first-order valence-electron chi connectivity index (χ1n) is 11.1. The topological polar surface area (TPSA) is 106 Å². The molecule has 0 bridgehead atoms. The molecule has 9 heteroatoms. The van der Waals surface area contributed by atoms with Gasteiger partial charge in [0, 0.05) is 23.9 Å². The van der Waals surface area contributed by atoms with E-state index in [4.69, 9.17) is 24.4 Å². The maximum Gasteiger partial charge on any atom is 0.231 e. The summed E-state index contributed by atoms with van der Waals surface area (Å²) in [6, 6.07) is 13.5.